The van der Waals surface area contributed by atoms with E-state index in [2.05, 4.69) is 0 Å². The summed E-state index contributed by atoms with van der Waals surface area (Å²) in [5, 5.41) is 62.6. The minimum atomic E-state index is -2.93. The number of hydrogen-bond acceptors (Lipinski definition) is 10. The summed E-state index contributed by atoms with van der Waals surface area (Å²) in [5.41, 5.74) is -9.94. The third-order valence-corrected chi connectivity index (χ3v) is 10.7. The van der Waals surface area contributed by atoms with Crippen LogP contribution in [0.25, 0.3) is 0 Å². The lowest BCUT2D eigenvalue weighted by Crippen LogP contribution is -2.60. The van der Waals surface area contributed by atoms with Crippen molar-refractivity contribution in [1.82, 2.24) is 0 Å². The average Bonchev–Trinajstić information content (AvgIpc) is 3.10. The van der Waals surface area contributed by atoms with E-state index in [9.17, 15) is 59.4 Å². The maximum absolute atomic E-state index is 13.9. The van der Waals surface area contributed by atoms with Gasteiger partial charge >= 0.3 is 35.8 Å². The van der Waals surface area contributed by atoms with E-state index in [1.165, 1.54) is 0 Å². The molecule has 0 aromatic rings. The molecule has 0 saturated carbocycles. The summed E-state index contributed by atoms with van der Waals surface area (Å²) in [4.78, 5) is 76.6. The second-order valence-electron chi connectivity index (χ2n) is 14.9. The Morgan fingerprint density at radius 3 is 0.870 bits per heavy atom. The van der Waals surface area contributed by atoms with Gasteiger partial charge in [0.25, 0.3) is 0 Å². The number of unbranched alkanes of at least 4 members (excludes halogenated alkanes) is 13. The van der Waals surface area contributed by atoms with E-state index in [0.717, 1.165) is 51.4 Å². The molecule has 14 heteroatoms. The molecule has 0 aromatic heterocycles. The van der Waals surface area contributed by atoms with Crippen molar-refractivity contribution in [3.63, 3.8) is 0 Å². The Balaban J connectivity index is 6.25. The van der Waals surface area contributed by atoms with Crippen molar-refractivity contribution in [2.75, 3.05) is 13.2 Å². The van der Waals surface area contributed by atoms with Gasteiger partial charge < -0.3 is 40.1 Å². The fourth-order valence-corrected chi connectivity index (χ4v) is 7.38. The molecular formula is C40H70O14. The molecule has 54 heavy (non-hydrogen) atoms. The van der Waals surface area contributed by atoms with Gasteiger partial charge in [-0.15, -0.1) is 0 Å². The van der Waals surface area contributed by atoms with Crippen molar-refractivity contribution < 1.29 is 68.9 Å². The Morgan fingerprint density at radius 2 is 0.667 bits per heavy atom. The summed E-state index contributed by atoms with van der Waals surface area (Å²) in [7, 11) is 0. The molecular weight excluding hydrogens is 704 g/mol. The Hall–Kier alpha value is -3.26. The van der Waals surface area contributed by atoms with Crippen LogP contribution in [0.5, 0.6) is 0 Å². The summed E-state index contributed by atoms with van der Waals surface area (Å²) in [5.74, 6) is -8.83. The Morgan fingerprint density at radius 1 is 0.407 bits per heavy atom. The minimum Gasteiger partial charge on any atom is -0.481 e. The highest BCUT2D eigenvalue weighted by atomic mass is 16.5. The van der Waals surface area contributed by atoms with Gasteiger partial charge in [0, 0.05) is 0 Å². The van der Waals surface area contributed by atoms with E-state index in [-0.39, 0.29) is 51.7 Å². The largest absolute Gasteiger partial charge is 0.481 e. The van der Waals surface area contributed by atoms with Gasteiger partial charge in [-0.25, -0.2) is 9.59 Å². The molecule has 0 aliphatic carbocycles. The fourth-order valence-electron chi connectivity index (χ4n) is 7.38. The summed E-state index contributed by atoms with van der Waals surface area (Å²) < 4.78 is 11.2. The Labute approximate surface area is 321 Å². The normalized spacial score (nSPS) is 14.1. The number of carboxylic acid groups (broad SMARTS) is 4. The molecule has 0 rings (SSSR count). The minimum absolute atomic E-state index is 0.0902. The predicted octanol–water partition coefficient (Wildman–Crippen LogP) is 7.29. The highest BCUT2D eigenvalue weighted by Crippen LogP contribution is 2.47. The Bertz CT molecular complexity index is 1040. The molecule has 0 bridgehead atoms. The van der Waals surface area contributed by atoms with Crippen molar-refractivity contribution >= 4 is 35.8 Å². The Kier molecular flexibility index (Phi) is 24.9. The number of carbonyl (C=O) groups is 6. The zero-order chi connectivity index (χ0) is 41.3. The van der Waals surface area contributed by atoms with Crippen molar-refractivity contribution in [1.29, 1.82) is 0 Å². The zero-order valence-electron chi connectivity index (χ0n) is 33.3. The van der Waals surface area contributed by atoms with Crippen molar-refractivity contribution in [3.05, 3.63) is 0 Å². The summed E-state index contributed by atoms with van der Waals surface area (Å²) >= 11 is 0. The molecule has 6 N–H and O–H groups in total. The molecule has 2 atom stereocenters. The molecule has 0 aliphatic heterocycles. The van der Waals surface area contributed by atoms with Gasteiger partial charge in [-0.3, -0.25) is 19.2 Å². The maximum Gasteiger partial charge on any atom is 0.337 e. The SMILES string of the molecule is CCCCCCC(CCCCCC)(C(=O)OCCCCOC(=O)C(CCCCCC)(CCCCCC)C(O)(CC(=O)O)C(=O)O)C(O)(CC(=O)O)C(=O)O. The van der Waals surface area contributed by atoms with Crippen LogP contribution in [-0.2, 0) is 38.2 Å². The highest BCUT2D eigenvalue weighted by molar-refractivity contribution is 5.93. The van der Waals surface area contributed by atoms with Crippen LogP contribution in [0.2, 0.25) is 0 Å². The molecule has 0 aromatic carbocycles. The second-order valence-corrected chi connectivity index (χ2v) is 14.9. The van der Waals surface area contributed by atoms with Crippen molar-refractivity contribution in [2.45, 2.75) is 193 Å². The smallest absolute Gasteiger partial charge is 0.337 e. The third-order valence-electron chi connectivity index (χ3n) is 10.7. The van der Waals surface area contributed by atoms with Crippen LogP contribution in [0.1, 0.15) is 182 Å². The lowest BCUT2D eigenvalue weighted by molar-refractivity contribution is -0.200. The quantitative estimate of drug-likeness (QED) is 0.0274. The first-order valence-electron chi connectivity index (χ1n) is 20.2. The van der Waals surface area contributed by atoms with E-state index in [4.69, 9.17) is 9.47 Å². The van der Waals surface area contributed by atoms with E-state index < -0.39 is 70.7 Å². The van der Waals surface area contributed by atoms with Crippen LogP contribution >= 0.6 is 0 Å². The van der Waals surface area contributed by atoms with Gasteiger partial charge in [-0.1, -0.05) is 130 Å². The molecule has 0 heterocycles. The molecule has 0 fully saturated rings. The molecule has 0 amide bonds. The van der Waals surface area contributed by atoms with Crippen LogP contribution in [0.3, 0.4) is 0 Å². The fraction of sp³-hybridized carbons (Fsp3) is 0.850. The zero-order valence-corrected chi connectivity index (χ0v) is 33.3. The van der Waals surface area contributed by atoms with Crippen LogP contribution in [-0.4, -0.2) is 90.9 Å². The molecule has 0 aliphatic rings. The number of aliphatic carboxylic acids is 4. The van der Waals surface area contributed by atoms with Gasteiger partial charge in [-0.05, 0) is 38.5 Å². The van der Waals surface area contributed by atoms with Crippen molar-refractivity contribution in [3.8, 4) is 0 Å². The summed E-state index contributed by atoms with van der Waals surface area (Å²) in [6, 6.07) is 0. The highest BCUT2D eigenvalue weighted by Gasteiger charge is 2.63. The number of rotatable bonds is 35. The number of carbonyl (C=O) groups excluding carboxylic acids is 2. The first kappa shape index (κ1) is 50.7. The molecule has 0 saturated heterocycles. The van der Waals surface area contributed by atoms with Gasteiger partial charge in [0.1, 0.15) is 10.8 Å². The van der Waals surface area contributed by atoms with Gasteiger partial charge in [0.05, 0.1) is 26.1 Å². The van der Waals surface area contributed by atoms with Gasteiger partial charge in [-0.2, -0.15) is 0 Å². The average molecular weight is 775 g/mol. The second kappa shape index (κ2) is 26.5. The van der Waals surface area contributed by atoms with Crippen LogP contribution in [0.15, 0.2) is 0 Å². The standard InChI is InChI=1S/C40H70O14/c1-5-9-13-17-23-37(24-18-14-10-6-2,39(51,33(45)46)29-31(41)42)35(49)53-27-21-22-28-54-36(50)38(25-19-15-11-7-3,26-20-16-12-8-4)40(52,34(47)48)30-32(43)44/h51-52H,5-30H2,1-4H3,(H,41,42)(H,43,44)(H,45,46)(H,47,48). The topological polar surface area (TPSA) is 242 Å². The first-order chi connectivity index (χ1) is 25.5. The van der Waals surface area contributed by atoms with E-state index in [0.29, 0.717) is 51.4 Å². The molecule has 0 spiro atoms. The first-order valence-corrected chi connectivity index (χ1v) is 20.2. The van der Waals surface area contributed by atoms with E-state index in [1.54, 1.807) is 0 Å². The van der Waals surface area contributed by atoms with Crippen LogP contribution < -0.4 is 0 Å². The van der Waals surface area contributed by atoms with E-state index in [1.807, 2.05) is 27.7 Å². The van der Waals surface area contributed by atoms with Crippen LogP contribution in [0, 0.1) is 10.8 Å². The lowest BCUT2D eigenvalue weighted by atomic mass is 9.64. The van der Waals surface area contributed by atoms with Gasteiger partial charge in [0.15, 0.2) is 11.2 Å². The molecule has 0 radical (unpaired) electrons. The number of esters is 2. The third kappa shape index (κ3) is 15.1. The van der Waals surface area contributed by atoms with Gasteiger partial charge in [0.2, 0.25) is 0 Å². The predicted molar refractivity (Wildman–Crippen MR) is 201 cm³/mol. The molecule has 314 valence electrons. The van der Waals surface area contributed by atoms with Crippen LogP contribution in [0.4, 0.5) is 0 Å². The number of aliphatic hydroxyl groups is 2. The summed E-state index contributed by atoms with van der Waals surface area (Å²) in [6.45, 7) is 7.36. The summed E-state index contributed by atoms with van der Waals surface area (Å²) in [6.07, 6.45) is 8.04. The number of ether oxygens (including phenoxy) is 2. The monoisotopic (exact) mass is 774 g/mol. The maximum atomic E-state index is 13.9. The number of carboxylic acids is 4. The van der Waals surface area contributed by atoms with E-state index >= 15 is 0 Å². The van der Waals surface area contributed by atoms with Crippen molar-refractivity contribution in [2.24, 2.45) is 10.8 Å². The molecule has 2 unspecified atom stereocenters. The number of hydrogen-bond donors (Lipinski definition) is 6. The molecule has 14 nitrogen and oxygen atoms in total. The lowest BCUT2D eigenvalue weighted by Gasteiger charge is -2.42.